The van der Waals surface area contributed by atoms with E-state index in [0.29, 0.717) is 11.4 Å². The van der Waals surface area contributed by atoms with Gasteiger partial charge >= 0.3 is 0 Å². The van der Waals surface area contributed by atoms with Gasteiger partial charge in [0.05, 0.1) is 6.10 Å². The molecular formula is C13H12BrClOS. The number of rotatable bonds is 3. The highest BCUT2D eigenvalue weighted by Gasteiger charge is 2.14. The van der Waals surface area contributed by atoms with Gasteiger partial charge < -0.3 is 5.11 Å². The molecule has 2 rings (SSSR count). The molecule has 0 saturated carbocycles. The lowest BCUT2D eigenvalue weighted by molar-refractivity contribution is 0.181. The minimum Gasteiger partial charge on any atom is -0.387 e. The molecule has 0 amide bonds. The van der Waals surface area contributed by atoms with Gasteiger partial charge in [-0.25, -0.2) is 0 Å². The quantitative estimate of drug-likeness (QED) is 0.860. The second-order valence-electron chi connectivity index (χ2n) is 3.92. The van der Waals surface area contributed by atoms with Gasteiger partial charge in [0.2, 0.25) is 0 Å². The smallest absolute Gasteiger partial charge is 0.0925 e. The van der Waals surface area contributed by atoms with Crippen LogP contribution in [0.15, 0.2) is 34.1 Å². The predicted octanol–water partition coefficient (Wildman–Crippen LogP) is 4.75. The van der Waals surface area contributed by atoms with Crippen molar-refractivity contribution in [2.24, 2.45) is 0 Å². The summed E-state index contributed by atoms with van der Waals surface area (Å²) in [5.74, 6) is 0. The van der Waals surface area contributed by atoms with Crippen LogP contribution in [0.1, 0.15) is 22.1 Å². The Morgan fingerprint density at radius 1 is 1.41 bits per heavy atom. The first-order chi connectivity index (χ1) is 8.08. The second-order valence-corrected chi connectivity index (χ2v) is 6.19. The molecule has 1 heterocycles. The number of hydrogen-bond donors (Lipinski definition) is 1. The normalized spacial score (nSPS) is 12.7. The molecule has 0 aliphatic heterocycles. The summed E-state index contributed by atoms with van der Waals surface area (Å²) in [6.45, 7) is 2.01. The Balaban J connectivity index is 2.19. The van der Waals surface area contributed by atoms with Crippen molar-refractivity contribution in [3.05, 3.63) is 55.1 Å². The van der Waals surface area contributed by atoms with Gasteiger partial charge in [-0.2, -0.15) is 0 Å². The number of benzene rings is 1. The van der Waals surface area contributed by atoms with Crippen molar-refractivity contribution in [1.82, 2.24) is 0 Å². The summed E-state index contributed by atoms with van der Waals surface area (Å²) in [6, 6.07) is 7.76. The van der Waals surface area contributed by atoms with E-state index in [9.17, 15) is 5.11 Å². The zero-order chi connectivity index (χ0) is 12.4. The summed E-state index contributed by atoms with van der Waals surface area (Å²) < 4.78 is 0.952. The third-order valence-corrected chi connectivity index (χ3v) is 4.60. The van der Waals surface area contributed by atoms with Crippen molar-refractivity contribution in [1.29, 1.82) is 0 Å². The molecule has 1 N–H and O–H groups in total. The fourth-order valence-electron chi connectivity index (χ4n) is 1.71. The van der Waals surface area contributed by atoms with Gasteiger partial charge in [0.15, 0.2) is 0 Å². The number of halogens is 2. The number of hydrogen-bond acceptors (Lipinski definition) is 2. The monoisotopic (exact) mass is 330 g/mol. The summed E-state index contributed by atoms with van der Waals surface area (Å²) in [5.41, 5.74) is 2.10. The molecule has 0 radical (unpaired) electrons. The number of aliphatic hydroxyl groups is 1. The first kappa shape index (κ1) is 13.1. The minimum atomic E-state index is -0.478. The standard InChI is InChI=1S/C13H12BrClOS/c1-8-4-5-17-13(8)12(16)6-9-2-3-10(14)7-11(9)15/h2-5,7,12,16H,6H2,1H3. The maximum absolute atomic E-state index is 10.2. The number of aryl methyl sites for hydroxylation is 1. The predicted molar refractivity (Wildman–Crippen MR) is 76.9 cm³/mol. The Kier molecular flexibility index (Phi) is 4.26. The lowest BCUT2D eigenvalue weighted by Crippen LogP contribution is -2.01. The van der Waals surface area contributed by atoms with Gasteiger partial charge in [0, 0.05) is 20.8 Å². The largest absolute Gasteiger partial charge is 0.387 e. The molecule has 1 nitrogen and oxygen atoms in total. The second kappa shape index (κ2) is 5.53. The Morgan fingerprint density at radius 3 is 2.76 bits per heavy atom. The molecule has 0 aliphatic carbocycles. The van der Waals surface area contributed by atoms with Crippen molar-refractivity contribution < 1.29 is 5.11 Å². The van der Waals surface area contributed by atoms with Crippen LogP contribution in [0.3, 0.4) is 0 Å². The highest BCUT2D eigenvalue weighted by atomic mass is 79.9. The van der Waals surface area contributed by atoms with Crippen LogP contribution in [0.5, 0.6) is 0 Å². The summed E-state index contributed by atoms with van der Waals surface area (Å²) in [5, 5.41) is 12.9. The van der Waals surface area contributed by atoms with Crippen LogP contribution in [-0.4, -0.2) is 5.11 Å². The Hall–Kier alpha value is -0.350. The molecule has 1 unspecified atom stereocenters. The highest BCUT2D eigenvalue weighted by molar-refractivity contribution is 9.10. The molecule has 90 valence electrons. The van der Waals surface area contributed by atoms with Crippen LogP contribution >= 0.6 is 38.9 Å². The maximum Gasteiger partial charge on any atom is 0.0925 e. The lowest BCUT2D eigenvalue weighted by atomic mass is 10.1. The van der Waals surface area contributed by atoms with Crippen LogP contribution < -0.4 is 0 Å². The van der Waals surface area contributed by atoms with E-state index in [0.717, 1.165) is 20.5 Å². The third kappa shape index (κ3) is 3.10. The van der Waals surface area contributed by atoms with Crippen molar-refractivity contribution in [3.8, 4) is 0 Å². The van der Waals surface area contributed by atoms with Crippen molar-refractivity contribution in [3.63, 3.8) is 0 Å². The van der Waals surface area contributed by atoms with Crippen LogP contribution in [0.2, 0.25) is 5.02 Å². The van der Waals surface area contributed by atoms with E-state index in [1.807, 2.05) is 36.6 Å². The Bertz CT molecular complexity index is 524. The summed E-state index contributed by atoms with van der Waals surface area (Å²) in [6.07, 6.45) is 0.0710. The SMILES string of the molecule is Cc1ccsc1C(O)Cc1ccc(Br)cc1Cl. The topological polar surface area (TPSA) is 20.2 Å². The molecule has 1 aromatic carbocycles. The fraction of sp³-hybridized carbons (Fsp3) is 0.231. The number of aliphatic hydroxyl groups excluding tert-OH is 1. The number of thiophene rings is 1. The van der Waals surface area contributed by atoms with Gasteiger partial charge in [-0.3, -0.25) is 0 Å². The van der Waals surface area contributed by atoms with E-state index in [1.54, 1.807) is 11.3 Å². The average molecular weight is 332 g/mol. The zero-order valence-electron chi connectivity index (χ0n) is 9.28. The van der Waals surface area contributed by atoms with Gasteiger partial charge in [-0.05, 0) is 41.6 Å². The van der Waals surface area contributed by atoms with E-state index >= 15 is 0 Å². The first-order valence-electron chi connectivity index (χ1n) is 5.24. The molecule has 4 heteroatoms. The molecule has 0 fully saturated rings. The van der Waals surface area contributed by atoms with Crippen LogP contribution in [0.25, 0.3) is 0 Å². The van der Waals surface area contributed by atoms with Gasteiger partial charge in [-0.15, -0.1) is 11.3 Å². The van der Waals surface area contributed by atoms with Crippen LogP contribution in [0, 0.1) is 6.92 Å². The highest BCUT2D eigenvalue weighted by Crippen LogP contribution is 2.30. The minimum absolute atomic E-state index is 0.478. The van der Waals surface area contributed by atoms with Gasteiger partial charge in [-0.1, -0.05) is 33.6 Å². The third-order valence-electron chi connectivity index (χ3n) is 2.63. The summed E-state index contributed by atoms with van der Waals surface area (Å²) in [4.78, 5) is 1.02. The van der Waals surface area contributed by atoms with E-state index in [1.165, 1.54) is 0 Å². The van der Waals surface area contributed by atoms with E-state index in [2.05, 4.69) is 15.9 Å². The van der Waals surface area contributed by atoms with Crippen LogP contribution in [-0.2, 0) is 6.42 Å². The van der Waals surface area contributed by atoms with Crippen molar-refractivity contribution >= 4 is 38.9 Å². The molecule has 0 saturated heterocycles. The van der Waals surface area contributed by atoms with Gasteiger partial charge in [0.1, 0.15) is 0 Å². The Labute approximate surface area is 118 Å². The van der Waals surface area contributed by atoms with E-state index in [4.69, 9.17) is 11.6 Å². The molecule has 0 bridgehead atoms. The molecule has 0 aliphatic rings. The molecule has 2 aromatic rings. The molecule has 0 spiro atoms. The van der Waals surface area contributed by atoms with Crippen molar-refractivity contribution in [2.75, 3.05) is 0 Å². The van der Waals surface area contributed by atoms with E-state index in [-0.39, 0.29) is 0 Å². The van der Waals surface area contributed by atoms with E-state index < -0.39 is 6.10 Å². The molecule has 1 atom stereocenters. The maximum atomic E-state index is 10.2. The van der Waals surface area contributed by atoms with Gasteiger partial charge in [0.25, 0.3) is 0 Å². The molecular weight excluding hydrogens is 320 g/mol. The average Bonchev–Trinajstić information content (AvgIpc) is 2.68. The molecule has 1 aromatic heterocycles. The summed E-state index contributed by atoms with van der Waals surface area (Å²) >= 11 is 11.1. The fourth-order valence-corrected chi connectivity index (χ4v) is 3.38. The first-order valence-corrected chi connectivity index (χ1v) is 7.29. The molecule has 17 heavy (non-hydrogen) atoms. The Morgan fingerprint density at radius 2 is 2.18 bits per heavy atom. The van der Waals surface area contributed by atoms with Crippen molar-refractivity contribution in [2.45, 2.75) is 19.4 Å². The zero-order valence-corrected chi connectivity index (χ0v) is 12.4. The summed E-state index contributed by atoms with van der Waals surface area (Å²) in [7, 11) is 0. The lowest BCUT2D eigenvalue weighted by Gasteiger charge is -2.11. The van der Waals surface area contributed by atoms with Crippen LogP contribution in [0.4, 0.5) is 0 Å².